The third-order valence-corrected chi connectivity index (χ3v) is 2.33. The lowest BCUT2D eigenvalue weighted by atomic mass is 10.1. The Balaban J connectivity index is 3.31. The van der Waals surface area contributed by atoms with Gasteiger partial charge in [0.2, 0.25) is 5.91 Å². The Hall–Kier alpha value is -1.91. The molecule has 0 aromatic rings. The van der Waals surface area contributed by atoms with Crippen molar-refractivity contribution in [2.45, 2.75) is 27.2 Å². The monoisotopic (exact) mass is 223 g/mol. The maximum Gasteiger partial charge on any atom is 0.272 e. The van der Waals surface area contributed by atoms with Crippen LogP contribution in [0.4, 0.5) is 0 Å². The molecule has 0 aliphatic carbocycles. The minimum atomic E-state index is -0.745. The zero-order valence-corrected chi connectivity index (χ0v) is 9.40. The van der Waals surface area contributed by atoms with Gasteiger partial charge in [0.15, 0.2) is 11.5 Å². The van der Waals surface area contributed by atoms with Crippen molar-refractivity contribution < 1.29 is 19.5 Å². The molecular weight excluding hydrogens is 210 g/mol. The van der Waals surface area contributed by atoms with Gasteiger partial charge in [0.1, 0.15) is 5.57 Å². The molecule has 0 fully saturated rings. The molecule has 1 aliphatic heterocycles. The molecule has 5 heteroatoms. The Morgan fingerprint density at radius 1 is 1.44 bits per heavy atom. The number of aliphatic hydroxyl groups is 1. The Morgan fingerprint density at radius 3 is 2.31 bits per heavy atom. The van der Waals surface area contributed by atoms with Gasteiger partial charge in [-0.05, 0) is 6.92 Å². The topological polar surface area (TPSA) is 74.7 Å². The second-order valence-electron chi connectivity index (χ2n) is 3.33. The van der Waals surface area contributed by atoms with Crippen molar-refractivity contribution in [3.8, 4) is 0 Å². The van der Waals surface area contributed by atoms with Crippen LogP contribution in [0.25, 0.3) is 0 Å². The number of carbonyl (C=O) groups excluding carboxylic acids is 3. The molecule has 1 N–H and O–H groups in total. The molecule has 2 amide bonds. The van der Waals surface area contributed by atoms with Crippen molar-refractivity contribution in [2.24, 2.45) is 0 Å². The van der Waals surface area contributed by atoms with Crippen LogP contribution in [-0.2, 0) is 14.4 Å². The van der Waals surface area contributed by atoms with Crippen molar-refractivity contribution in [1.82, 2.24) is 4.90 Å². The van der Waals surface area contributed by atoms with E-state index in [1.807, 2.05) is 0 Å². The first-order valence-corrected chi connectivity index (χ1v) is 4.93. The van der Waals surface area contributed by atoms with Crippen LogP contribution >= 0.6 is 0 Å². The van der Waals surface area contributed by atoms with Gasteiger partial charge in [-0.25, -0.2) is 4.90 Å². The van der Waals surface area contributed by atoms with E-state index in [-0.39, 0.29) is 17.7 Å². The van der Waals surface area contributed by atoms with Crippen LogP contribution in [0.1, 0.15) is 27.2 Å². The lowest BCUT2D eigenvalue weighted by Gasteiger charge is -2.13. The van der Waals surface area contributed by atoms with E-state index in [0.717, 1.165) is 4.90 Å². The van der Waals surface area contributed by atoms with Gasteiger partial charge in [0, 0.05) is 13.3 Å². The first kappa shape index (κ1) is 12.2. The third-order valence-electron chi connectivity index (χ3n) is 2.33. The largest absolute Gasteiger partial charge is 0.505 e. The molecule has 0 atom stereocenters. The van der Waals surface area contributed by atoms with Gasteiger partial charge in [-0.3, -0.25) is 14.4 Å². The molecule has 0 aromatic heterocycles. The summed E-state index contributed by atoms with van der Waals surface area (Å²) in [6.45, 7) is 4.36. The molecule has 0 spiro atoms. The van der Waals surface area contributed by atoms with Crippen LogP contribution in [0, 0.1) is 0 Å². The number of hydrogen-bond donors (Lipinski definition) is 1. The molecule has 0 aromatic carbocycles. The van der Waals surface area contributed by atoms with E-state index in [4.69, 9.17) is 0 Å². The maximum absolute atomic E-state index is 11.8. The SMILES string of the molecule is C/C=C1\C(O)=C(C(=O)CC)C(=O)N1C(C)=O. The number of carbonyl (C=O) groups is 3. The number of imide groups is 1. The summed E-state index contributed by atoms with van der Waals surface area (Å²) in [5.74, 6) is -2.14. The van der Waals surface area contributed by atoms with Gasteiger partial charge >= 0.3 is 0 Å². The van der Waals surface area contributed by atoms with Gasteiger partial charge in [0.05, 0.1) is 5.70 Å². The number of aliphatic hydroxyl groups excluding tert-OH is 1. The molecule has 0 radical (unpaired) electrons. The minimum absolute atomic E-state index is 0.0781. The summed E-state index contributed by atoms with van der Waals surface area (Å²) in [5.41, 5.74) is -0.222. The third kappa shape index (κ3) is 1.64. The number of Topliss-reactive ketones (excluding diaryl/α,β-unsaturated/α-hetero) is 1. The molecule has 0 bridgehead atoms. The normalized spacial score (nSPS) is 18.6. The molecule has 86 valence electrons. The number of ketones is 1. The van der Waals surface area contributed by atoms with E-state index in [0.29, 0.717) is 0 Å². The van der Waals surface area contributed by atoms with E-state index in [2.05, 4.69) is 0 Å². The van der Waals surface area contributed by atoms with Crippen LogP contribution < -0.4 is 0 Å². The average molecular weight is 223 g/mol. The standard InChI is InChI=1S/C11H13NO4/c1-4-7-10(15)9(8(14)5-2)11(16)12(7)6(3)13/h4,15H,5H2,1-3H3/b7-4+. The van der Waals surface area contributed by atoms with Crippen LogP contribution in [0.15, 0.2) is 23.1 Å². The Bertz CT molecular complexity index is 431. The van der Waals surface area contributed by atoms with Crippen molar-refractivity contribution in [1.29, 1.82) is 0 Å². The summed E-state index contributed by atoms with van der Waals surface area (Å²) in [4.78, 5) is 35.3. The van der Waals surface area contributed by atoms with Crippen LogP contribution in [0.2, 0.25) is 0 Å². The predicted octanol–water partition coefficient (Wildman–Crippen LogP) is 1.07. The van der Waals surface area contributed by atoms with Gasteiger partial charge < -0.3 is 5.11 Å². The van der Waals surface area contributed by atoms with E-state index >= 15 is 0 Å². The fourth-order valence-electron chi connectivity index (χ4n) is 1.56. The molecule has 16 heavy (non-hydrogen) atoms. The fourth-order valence-corrected chi connectivity index (χ4v) is 1.56. The summed E-state index contributed by atoms with van der Waals surface area (Å²) in [6, 6.07) is 0. The number of rotatable bonds is 2. The number of nitrogens with zero attached hydrogens (tertiary/aromatic N) is 1. The Morgan fingerprint density at radius 2 is 2.00 bits per heavy atom. The van der Waals surface area contributed by atoms with Gasteiger partial charge in [-0.1, -0.05) is 13.0 Å². The molecule has 0 saturated carbocycles. The lowest BCUT2D eigenvalue weighted by Crippen LogP contribution is -2.31. The maximum atomic E-state index is 11.8. The van der Waals surface area contributed by atoms with Crippen molar-refractivity contribution >= 4 is 17.6 Å². The highest BCUT2D eigenvalue weighted by Crippen LogP contribution is 2.28. The number of allylic oxidation sites excluding steroid dienone is 1. The highest BCUT2D eigenvalue weighted by Gasteiger charge is 2.39. The number of hydrogen-bond acceptors (Lipinski definition) is 4. The van der Waals surface area contributed by atoms with Gasteiger partial charge in [-0.15, -0.1) is 0 Å². The van der Waals surface area contributed by atoms with E-state index < -0.39 is 23.4 Å². The number of amides is 2. The summed E-state index contributed by atoms with van der Waals surface area (Å²) in [6.07, 6.45) is 1.53. The molecule has 5 nitrogen and oxygen atoms in total. The van der Waals surface area contributed by atoms with Crippen molar-refractivity contribution in [3.63, 3.8) is 0 Å². The van der Waals surface area contributed by atoms with Crippen LogP contribution in [0.5, 0.6) is 0 Å². The van der Waals surface area contributed by atoms with Gasteiger partial charge in [-0.2, -0.15) is 0 Å². The summed E-state index contributed by atoms with van der Waals surface area (Å²) in [5, 5.41) is 9.72. The quantitative estimate of drug-likeness (QED) is 0.710. The highest BCUT2D eigenvalue weighted by atomic mass is 16.3. The first-order valence-electron chi connectivity index (χ1n) is 4.93. The zero-order chi connectivity index (χ0) is 12.5. The Kier molecular flexibility index (Phi) is 3.27. The first-order chi connectivity index (χ1) is 7.45. The summed E-state index contributed by atoms with van der Waals surface area (Å²) < 4.78 is 0. The van der Waals surface area contributed by atoms with Crippen LogP contribution in [-0.4, -0.2) is 27.6 Å². The fraction of sp³-hybridized carbons (Fsp3) is 0.364. The molecular formula is C11H13NO4. The summed E-state index contributed by atoms with van der Waals surface area (Å²) in [7, 11) is 0. The predicted molar refractivity (Wildman–Crippen MR) is 56.2 cm³/mol. The second-order valence-corrected chi connectivity index (χ2v) is 3.33. The average Bonchev–Trinajstić information content (AvgIpc) is 2.48. The molecule has 0 saturated heterocycles. The second kappa shape index (κ2) is 4.30. The van der Waals surface area contributed by atoms with Gasteiger partial charge in [0.25, 0.3) is 5.91 Å². The minimum Gasteiger partial charge on any atom is -0.505 e. The molecule has 1 rings (SSSR count). The summed E-state index contributed by atoms with van der Waals surface area (Å²) >= 11 is 0. The molecule has 1 heterocycles. The van der Waals surface area contributed by atoms with Crippen molar-refractivity contribution in [3.05, 3.63) is 23.1 Å². The smallest absolute Gasteiger partial charge is 0.272 e. The van der Waals surface area contributed by atoms with E-state index in [9.17, 15) is 19.5 Å². The Labute approximate surface area is 93.0 Å². The van der Waals surface area contributed by atoms with E-state index in [1.54, 1.807) is 13.8 Å². The van der Waals surface area contributed by atoms with E-state index in [1.165, 1.54) is 13.0 Å². The van der Waals surface area contributed by atoms with Crippen molar-refractivity contribution in [2.75, 3.05) is 0 Å². The molecule has 0 unspecified atom stereocenters. The highest BCUT2D eigenvalue weighted by molar-refractivity contribution is 6.25. The van der Waals surface area contributed by atoms with Crippen LogP contribution in [0.3, 0.4) is 0 Å². The zero-order valence-electron chi connectivity index (χ0n) is 9.40. The lowest BCUT2D eigenvalue weighted by molar-refractivity contribution is -0.138. The molecule has 1 aliphatic rings.